The molecule has 0 aliphatic heterocycles. The summed E-state index contributed by atoms with van der Waals surface area (Å²) in [7, 11) is 0. The minimum Gasteiger partial charge on any atom is -0.240 e. The number of rotatable bonds is 1. The van der Waals surface area contributed by atoms with Gasteiger partial charge in [-0.3, -0.25) is 0 Å². The highest BCUT2D eigenvalue weighted by molar-refractivity contribution is 9.10. The predicted molar refractivity (Wildman–Crippen MR) is 64.1 cm³/mol. The van der Waals surface area contributed by atoms with Crippen LogP contribution in [0.3, 0.4) is 0 Å². The molecule has 1 aliphatic carbocycles. The van der Waals surface area contributed by atoms with Crippen LogP contribution in [0, 0.1) is 0 Å². The van der Waals surface area contributed by atoms with Crippen molar-refractivity contribution in [3.63, 3.8) is 0 Å². The van der Waals surface area contributed by atoms with Crippen molar-refractivity contribution in [3.05, 3.63) is 34.6 Å². The van der Waals surface area contributed by atoms with Crippen LogP contribution in [0.25, 0.3) is 5.52 Å². The van der Waals surface area contributed by atoms with E-state index in [2.05, 4.69) is 39.4 Å². The molecule has 0 amide bonds. The number of aromatic nitrogens is 2. The van der Waals surface area contributed by atoms with Gasteiger partial charge >= 0.3 is 0 Å². The zero-order chi connectivity index (χ0) is 10.3. The second-order valence-corrected chi connectivity index (χ2v) is 5.12. The summed E-state index contributed by atoms with van der Waals surface area (Å²) in [5, 5.41) is 4.32. The van der Waals surface area contributed by atoms with E-state index >= 15 is 0 Å². The van der Waals surface area contributed by atoms with Gasteiger partial charge in [0.25, 0.3) is 0 Å². The summed E-state index contributed by atoms with van der Waals surface area (Å²) in [6, 6.07) is 4.41. The van der Waals surface area contributed by atoms with E-state index in [0.717, 1.165) is 15.9 Å². The van der Waals surface area contributed by atoms with Crippen LogP contribution in [-0.4, -0.2) is 9.61 Å². The van der Waals surface area contributed by atoms with Gasteiger partial charge in [-0.1, -0.05) is 18.9 Å². The standard InChI is InChI=1S/C12H13BrN2/c13-11-7-14-15-8-10(5-6-12(11)15)9-3-1-2-4-9/h5-9H,1-4H2. The molecular formula is C12H13BrN2. The average Bonchev–Trinajstić information content (AvgIpc) is 2.88. The molecule has 2 aromatic heterocycles. The molecule has 2 heterocycles. The van der Waals surface area contributed by atoms with E-state index in [1.807, 2.05) is 10.7 Å². The van der Waals surface area contributed by atoms with Crippen molar-refractivity contribution in [1.82, 2.24) is 9.61 Å². The molecule has 0 aromatic carbocycles. The summed E-state index contributed by atoms with van der Waals surface area (Å²) in [5.74, 6) is 0.761. The fourth-order valence-corrected chi connectivity index (χ4v) is 2.87. The molecule has 0 saturated heterocycles. The summed E-state index contributed by atoms with van der Waals surface area (Å²) in [6.07, 6.45) is 9.47. The minimum atomic E-state index is 0.761. The maximum absolute atomic E-state index is 4.32. The van der Waals surface area contributed by atoms with Crippen LogP contribution >= 0.6 is 15.9 Å². The molecule has 0 spiro atoms. The molecule has 3 rings (SSSR count). The molecule has 15 heavy (non-hydrogen) atoms. The zero-order valence-corrected chi connectivity index (χ0v) is 10.1. The summed E-state index contributed by atoms with van der Waals surface area (Å²) < 4.78 is 3.04. The summed E-state index contributed by atoms with van der Waals surface area (Å²) >= 11 is 3.49. The number of fused-ring (bicyclic) bond motifs is 1. The Morgan fingerprint density at radius 1 is 1.27 bits per heavy atom. The lowest BCUT2D eigenvalue weighted by atomic mass is 10.00. The third-order valence-corrected chi connectivity index (χ3v) is 3.93. The fourth-order valence-electron chi connectivity index (χ4n) is 2.47. The lowest BCUT2D eigenvalue weighted by molar-refractivity contribution is 0.713. The van der Waals surface area contributed by atoms with E-state index in [1.165, 1.54) is 31.2 Å². The first-order valence-electron chi connectivity index (χ1n) is 5.47. The maximum atomic E-state index is 4.32. The average molecular weight is 265 g/mol. The van der Waals surface area contributed by atoms with Crippen LogP contribution in [0.5, 0.6) is 0 Å². The molecule has 0 radical (unpaired) electrons. The SMILES string of the molecule is Brc1cnn2cc(C3CCCC3)ccc12. The highest BCUT2D eigenvalue weighted by atomic mass is 79.9. The number of hydrogen-bond acceptors (Lipinski definition) is 1. The van der Waals surface area contributed by atoms with Gasteiger partial charge in [0.15, 0.2) is 0 Å². The van der Waals surface area contributed by atoms with Crippen LogP contribution in [0.4, 0.5) is 0 Å². The third-order valence-electron chi connectivity index (χ3n) is 3.32. The van der Waals surface area contributed by atoms with Gasteiger partial charge in [-0.05, 0) is 46.3 Å². The van der Waals surface area contributed by atoms with Gasteiger partial charge in [-0.2, -0.15) is 5.10 Å². The van der Waals surface area contributed by atoms with Crippen LogP contribution in [0.1, 0.15) is 37.2 Å². The highest BCUT2D eigenvalue weighted by Crippen LogP contribution is 2.34. The second kappa shape index (κ2) is 3.63. The van der Waals surface area contributed by atoms with Gasteiger partial charge in [-0.15, -0.1) is 0 Å². The van der Waals surface area contributed by atoms with Crippen LogP contribution < -0.4 is 0 Å². The van der Waals surface area contributed by atoms with Crippen LogP contribution in [-0.2, 0) is 0 Å². The molecule has 0 unspecified atom stereocenters. The van der Waals surface area contributed by atoms with E-state index in [9.17, 15) is 0 Å². The Balaban J connectivity index is 2.05. The van der Waals surface area contributed by atoms with Crippen LogP contribution in [0.2, 0.25) is 0 Å². The molecule has 1 aliphatic rings. The van der Waals surface area contributed by atoms with Crippen LogP contribution in [0.15, 0.2) is 29.0 Å². The number of halogens is 1. The Morgan fingerprint density at radius 2 is 2.07 bits per heavy atom. The van der Waals surface area contributed by atoms with Gasteiger partial charge in [0.1, 0.15) is 0 Å². The van der Waals surface area contributed by atoms with Crippen molar-refractivity contribution in [2.24, 2.45) is 0 Å². The minimum absolute atomic E-state index is 0.761. The Hall–Kier alpha value is -0.830. The summed E-state index contributed by atoms with van der Waals surface area (Å²) in [6.45, 7) is 0. The molecule has 2 nitrogen and oxygen atoms in total. The molecule has 1 saturated carbocycles. The first-order chi connectivity index (χ1) is 7.34. The molecule has 2 aromatic rings. The lowest BCUT2D eigenvalue weighted by Crippen LogP contribution is -1.96. The third kappa shape index (κ3) is 1.59. The highest BCUT2D eigenvalue weighted by Gasteiger charge is 2.17. The van der Waals surface area contributed by atoms with Gasteiger partial charge in [0, 0.05) is 6.20 Å². The first-order valence-corrected chi connectivity index (χ1v) is 6.27. The Bertz CT molecular complexity index is 483. The zero-order valence-electron chi connectivity index (χ0n) is 8.49. The predicted octanol–water partition coefficient (Wildman–Crippen LogP) is 3.75. The van der Waals surface area contributed by atoms with Gasteiger partial charge in [0.05, 0.1) is 16.2 Å². The fraction of sp³-hybridized carbons (Fsp3) is 0.417. The van der Waals surface area contributed by atoms with Crippen molar-refractivity contribution >= 4 is 21.4 Å². The van der Waals surface area contributed by atoms with Crippen molar-refractivity contribution in [2.75, 3.05) is 0 Å². The molecule has 0 N–H and O–H groups in total. The summed E-state index contributed by atoms with van der Waals surface area (Å²) in [5.41, 5.74) is 2.59. The van der Waals surface area contributed by atoms with E-state index in [4.69, 9.17) is 0 Å². The molecular weight excluding hydrogens is 252 g/mol. The molecule has 3 heteroatoms. The Labute approximate surface area is 97.4 Å². The number of pyridine rings is 1. The van der Waals surface area contributed by atoms with Crippen molar-refractivity contribution < 1.29 is 0 Å². The van der Waals surface area contributed by atoms with E-state index in [-0.39, 0.29) is 0 Å². The smallest absolute Gasteiger partial charge is 0.0804 e. The maximum Gasteiger partial charge on any atom is 0.0804 e. The number of nitrogens with zero attached hydrogens (tertiary/aromatic N) is 2. The Morgan fingerprint density at radius 3 is 2.87 bits per heavy atom. The molecule has 0 atom stereocenters. The summed E-state index contributed by atoms with van der Waals surface area (Å²) in [4.78, 5) is 0. The van der Waals surface area contributed by atoms with Gasteiger partial charge in [-0.25, -0.2) is 4.52 Å². The van der Waals surface area contributed by atoms with Gasteiger partial charge < -0.3 is 0 Å². The van der Waals surface area contributed by atoms with Gasteiger partial charge in [0.2, 0.25) is 0 Å². The van der Waals surface area contributed by atoms with E-state index in [0.29, 0.717) is 0 Å². The topological polar surface area (TPSA) is 17.3 Å². The Kier molecular flexibility index (Phi) is 2.28. The molecule has 78 valence electrons. The second-order valence-electron chi connectivity index (χ2n) is 4.27. The molecule has 1 fully saturated rings. The van der Waals surface area contributed by atoms with E-state index < -0.39 is 0 Å². The first kappa shape index (κ1) is 9.40. The number of hydrogen-bond donors (Lipinski definition) is 0. The lowest BCUT2D eigenvalue weighted by Gasteiger charge is -2.09. The molecule has 0 bridgehead atoms. The normalized spacial score (nSPS) is 17.7. The van der Waals surface area contributed by atoms with Crippen molar-refractivity contribution in [1.29, 1.82) is 0 Å². The quantitative estimate of drug-likeness (QED) is 0.767. The van der Waals surface area contributed by atoms with Crippen molar-refractivity contribution in [3.8, 4) is 0 Å². The van der Waals surface area contributed by atoms with Crippen molar-refractivity contribution in [2.45, 2.75) is 31.6 Å². The monoisotopic (exact) mass is 264 g/mol. The van der Waals surface area contributed by atoms with E-state index in [1.54, 1.807) is 0 Å². The largest absolute Gasteiger partial charge is 0.240 e.